The predicted molar refractivity (Wildman–Crippen MR) is 163 cm³/mol. The van der Waals surface area contributed by atoms with E-state index in [9.17, 15) is 19.7 Å². The number of non-ortho nitro benzene ring substituents is 1. The van der Waals surface area contributed by atoms with Crippen molar-refractivity contribution in [3.8, 4) is 11.5 Å². The molecule has 5 rings (SSSR count). The van der Waals surface area contributed by atoms with E-state index in [-0.39, 0.29) is 23.4 Å². The minimum absolute atomic E-state index is 0.0689. The lowest BCUT2D eigenvalue weighted by Gasteiger charge is -2.34. The van der Waals surface area contributed by atoms with Gasteiger partial charge in [-0.05, 0) is 50.7 Å². The number of esters is 1. The number of allylic oxidation sites excluding steroid dienone is 1. The van der Waals surface area contributed by atoms with E-state index >= 15 is 0 Å². The fourth-order valence-electron chi connectivity index (χ4n) is 5.38. The maximum absolute atomic E-state index is 14.2. The van der Waals surface area contributed by atoms with Gasteiger partial charge in [-0.1, -0.05) is 17.4 Å². The average molecular weight is 608 g/mol. The van der Waals surface area contributed by atoms with Gasteiger partial charge in [0.05, 0.1) is 47.6 Å². The molecule has 0 bridgehead atoms. The van der Waals surface area contributed by atoms with Crippen molar-refractivity contribution in [3.63, 3.8) is 0 Å². The Hall–Kier alpha value is -4.49. The molecular formula is C30H33N5O7S. The normalized spacial score (nSPS) is 17.4. The molecule has 3 aromatic rings. The topological polar surface area (TPSA) is 129 Å². The lowest BCUT2D eigenvalue weighted by Crippen LogP contribution is -2.44. The Morgan fingerprint density at radius 2 is 1.84 bits per heavy atom. The second-order valence-corrected chi connectivity index (χ2v) is 11.2. The van der Waals surface area contributed by atoms with Gasteiger partial charge in [-0.2, -0.15) is 0 Å². The quantitative estimate of drug-likeness (QED) is 0.216. The van der Waals surface area contributed by atoms with Crippen molar-refractivity contribution in [1.29, 1.82) is 0 Å². The standard InChI is InChI=1S/C30H33N5O7S/c1-6-42-29(37)26-18(2)31-30-34(27(26)19-7-10-23(40-4)24(16-19)41-5)28(36)25(43-30)17-20-15-21(35(38)39)8-9-22(20)33-13-11-32(3)12-14-33/h7-10,15-17,27H,6,11-14H2,1-5H3/t27-/m1/s1. The summed E-state index contributed by atoms with van der Waals surface area (Å²) in [7, 11) is 5.09. The molecule has 0 amide bonds. The number of methoxy groups -OCH3 is 2. The Kier molecular flexibility index (Phi) is 8.64. The predicted octanol–water partition coefficient (Wildman–Crippen LogP) is 2.48. The molecule has 0 radical (unpaired) electrons. The summed E-state index contributed by atoms with van der Waals surface area (Å²) in [5, 5.41) is 11.7. The molecule has 0 spiro atoms. The highest BCUT2D eigenvalue weighted by Gasteiger charge is 2.34. The number of ether oxygens (including phenoxy) is 3. The molecule has 2 aliphatic rings. The number of benzene rings is 2. The lowest BCUT2D eigenvalue weighted by atomic mass is 9.95. The number of hydrogen-bond donors (Lipinski definition) is 0. The van der Waals surface area contributed by atoms with Crippen LogP contribution in [0.5, 0.6) is 11.5 Å². The summed E-state index contributed by atoms with van der Waals surface area (Å²) in [6.45, 7) is 6.77. The second-order valence-electron chi connectivity index (χ2n) is 10.2. The maximum Gasteiger partial charge on any atom is 0.338 e. The molecule has 0 N–H and O–H groups in total. The molecule has 2 aliphatic heterocycles. The molecule has 226 valence electrons. The van der Waals surface area contributed by atoms with Crippen LogP contribution in [0.1, 0.15) is 31.0 Å². The number of likely N-dealkylation sites (N-methyl/N-ethyl adjacent to an activating group) is 1. The number of rotatable bonds is 8. The maximum atomic E-state index is 14.2. The lowest BCUT2D eigenvalue weighted by molar-refractivity contribution is -0.384. The number of carbonyl (C=O) groups is 1. The van der Waals surface area contributed by atoms with Gasteiger partial charge in [-0.3, -0.25) is 19.5 Å². The van der Waals surface area contributed by atoms with Gasteiger partial charge in [0.15, 0.2) is 16.3 Å². The highest BCUT2D eigenvalue weighted by molar-refractivity contribution is 7.07. The third kappa shape index (κ3) is 5.77. The van der Waals surface area contributed by atoms with Crippen LogP contribution in [0.15, 0.2) is 57.5 Å². The molecule has 13 heteroatoms. The number of piperazine rings is 1. The highest BCUT2D eigenvalue weighted by Crippen LogP contribution is 2.36. The Bertz CT molecular complexity index is 1790. The third-order valence-corrected chi connectivity index (χ3v) is 8.58. The first kappa shape index (κ1) is 30.0. The van der Waals surface area contributed by atoms with Crippen LogP contribution < -0.4 is 29.3 Å². The fraction of sp³-hybridized carbons (Fsp3) is 0.367. The molecule has 1 fully saturated rings. The number of aromatic nitrogens is 1. The van der Waals surface area contributed by atoms with Crippen molar-refractivity contribution >= 4 is 34.8 Å². The number of fused-ring (bicyclic) bond motifs is 1. The van der Waals surface area contributed by atoms with E-state index in [0.29, 0.717) is 37.7 Å². The molecule has 1 atom stereocenters. The number of thiazole rings is 1. The second kappa shape index (κ2) is 12.4. The number of hydrogen-bond acceptors (Lipinski definition) is 11. The van der Waals surface area contributed by atoms with Gasteiger partial charge < -0.3 is 24.0 Å². The van der Waals surface area contributed by atoms with Gasteiger partial charge in [-0.15, -0.1) is 0 Å². The van der Waals surface area contributed by atoms with Crippen LogP contribution in [0, 0.1) is 10.1 Å². The Morgan fingerprint density at radius 3 is 2.49 bits per heavy atom. The summed E-state index contributed by atoms with van der Waals surface area (Å²) >= 11 is 1.16. The molecule has 0 unspecified atom stereocenters. The van der Waals surface area contributed by atoms with E-state index < -0.39 is 16.9 Å². The van der Waals surface area contributed by atoms with Crippen molar-refractivity contribution in [2.24, 2.45) is 4.99 Å². The van der Waals surface area contributed by atoms with E-state index in [0.717, 1.165) is 43.2 Å². The molecular weight excluding hydrogens is 574 g/mol. The number of nitrogens with zero attached hydrogens (tertiary/aromatic N) is 5. The number of carbonyl (C=O) groups excluding carboxylic acids is 1. The van der Waals surface area contributed by atoms with Crippen LogP contribution in [-0.2, 0) is 9.53 Å². The van der Waals surface area contributed by atoms with E-state index in [1.165, 1.54) is 30.9 Å². The van der Waals surface area contributed by atoms with Gasteiger partial charge in [0.1, 0.15) is 0 Å². The SMILES string of the molecule is CCOC(=O)C1=C(C)N=c2sc(=Cc3cc([N+](=O)[O-])ccc3N3CCN(C)CC3)c(=O)n2[C@@H]1c1ccc(OC)c(OC)c1. The fourth-order valence-corrected chi connectivity index (χ4v) is 6.41. The van der Waals surface area contributed by atoms with E-state index in [4.69, 9.17) is 14.2 Å². The summed E-state index contributed by atoms with van der Waals surface area (Å²) < 4.78 is 18.1. The monoisotopic (exact) mass is 607 g/mol. The van der Waals surface area contributed by atoms with Crippen LogP contribution in [0.2, 0.25) is 0 Å². The third-order valence-electron chi connectivity index (χ3n) is 7.59. The Labute approximate surface area is 251 Å². The first-order chi connectivity index (χ1) is 20.7. The van der Waals surface area contributed by atoms with Gasteiger partial charge >= 0.3 is 5.97 Å². The minimum atomic E-state index is -0.848. The van der Waals surface area contributed by atoms with E-state index in [2.05, 4.69) is 21.8 Å². The largest absolute Gasteiger partial charge is 0.493 e. The number of anilines is 1. The Morgan fingerprint density at radius 1 is 1.12 bits per heavy atom. The van der Waals surface area contributed by atoms with Gasteiger partial charge in [-0.25, -0.2) is 9.79 Å². The molecule has 0 aliphatic carbocycles. The molecule has 3 heterocycles. The zero-order chi connectivity index (χ0) is 30.8. The van der Waals surface area contributed by atoms with E-state index in [1.807, 2.05) is 0 Å². The molecule has 1 aromatic heterocycles. The van der Waals surface area contributed by atoms with Gasteiger partial charge in [0.25, 0.3) is 11.2 Å². The molecule has 1 saturated heterocycles. The van der Waals surface area contributed by atoms with Crippen molar-refractivity contribution < 1.29 is 23.9 Å². The molecule has 43 heavy (non-hydrogen) atoms. The zero-order valence-corrected chi connectivity index (χ0v) is 25.5. The van der Waals surface area contributed by atoms with Crippen molar-refractivity contribution in [3.05, 3.63) is 88.6 Å². The first-order valence-electron chi connectivity index (χ1n) is 13.8. The average Bonchev–Trinajstić information content (AvgIpc) is 3.30. The molecule has 0 saturated carbocycles. The van der Waals surface area contributed by atoms with Gasteiger partial charge in [0.2, 0.25) is 0 Å². The van der Waals surface area contributed by atoms with Crippen LogP contribution in [0.4, 0.5) is 11.4 Å². The summed E-state index contributed by atoms with van der Waals surface area (Å²) in [6.07, 6.45) is 1.68. The molecule has 2 aromatic carbocycles. The van der Waals surface area contributed by atoms with Crippen molar-refractivity contribution in [1.82, 2.24) is 9.47 Å². The number of nitro benzene ring substituents is 1. The Balaban J connectivity index is 1.72. The van der Waals surface area contributed by atoms with Gasteiger partial charge in [0, 0.05) is 49.6 Å². The summed E-state index contributed by atoms with van der Waals surface area (Å²) in [5.74, 6) is 0.362. The first-order valence-corrected chi connectivity index (χ1v) is 14.6. The zero-order valence-electron chi connectivity index (χ0n) is 24.7. The van der Waals surface area contributed by atoms with Crippen LogP contribution in [0.25, 0.3) is 6.08 Å². The smallest absolute Gasteiger partial charge is 0.338 e. The molecule has 12 nitrogen and oxygen atoms in total. The van der Waals surface area contributed by atoms with Crippen molar-refractivity contribution in [2.75, 3.05) is 59.0 Å². The number of nitro groups is 1. The van der Waals surface area contributed by atoms with Crippen LogP contribution >= 0.6 is 11.3 Å². The van der Waals surface area contributed by atoms with Crippen molar-refractivity contribution in [2.45, 2.75) is 19.9 Å². The highest BCUT2D eigenvalue weighted by atomic mass is 32.1. The summed E-state index contributed by atoms with van der Waals surface area (Å²) in [4.78, 5) is 48.0. The van der Waals surface area contributed by atoms with Crippen LogP contribution in [-0.4, -0.2) is 74.4 Å². The summed E-state index contributed by atoms with van der Waals surface area (Å²) in [5.41, 5.74) is 2.20. The summed E-state index contributed by atoms with van der Waals surface area (Å²) in [6, 6.07) is 9.08. The van der Waals surface area contributed by atoms with E-state index in [1.54, 1.807) is 44.2 Å². The van der Waals surface area contributed by atoms with Crippen LogP contribution in [0.3, 0.4) is 0 Å². The minimum Gasteiger partial charge on any atom is -0.493 e.